The Bertz CT molecular complexity index is 1140. The highest BCUT2D eigenvalue weighted by atomic mass is 79.9. The van der Waals surface area contributed by atoms with Gasteiger partial charge in [0, 0.05) is 15.6 Å². The van der Waals surface area contributed by atoms with Crippen LogP contribution < -0.4 is 5.43 Å². The molecule has 0 fully saturated rings. The lowest BCUT2D eigenvalue weighted by Crippen LogP contribution is -2.22. The van der Waals surface area contributed by atoms with Crippen molar-refractivity contribution in [3.63, 3.8) is 0 Å². The number of benzene rings is 1. The molecule has 0 aliphatic heterocycles. The van der Waals surface area contributed by atoms with Gasteiger partial charge in [-0.1, -0.05) is 11.6 Å². The van der Waals surface area contributed by atoms with Crippen molar-refractivity contribution in [3.8, 4) is 0 Å². The molecule has 1 atom stereocenters. The van der Waals surface area contributed by atoms with Crippen molar-refractivity contribution in [2.45, 2.75) is 23.9 Å². The fraction of sp³-hybridized carbons (Fsp3) is 0.176. The molecule has 3 aromatic rings. The summed E-state index contributed by atoms with van der Waals surface area (Å²) < 4.78 is 55.9. The van der Waals surface area contributed by atoms with Crippen LogP contribution in [0.25, 0.3) is 10.9 Å². The molecule has 0 amide bonds. The number of carbonyl (C=O) groups is 1. The number of Topliss-reactive ketones (excluding diaryl/α,β-unsaturated/α-hetero) is 1. The van der Waals surface area contributed by atoms with Crippen molar-refractivity contribution in [1.29, 1.82) is 0 Å². The number of hydrogen-bond donors (Lipinski definition) is 1. The number of fused-ring (bicyclic) bond motifs is 1. The standard InChI is InChI=1S/C17H10BrClF3NO4S/c1-7(24)12-15(25)13-10(19)4-3-9(18)14(13)23-16(12)28(26)6-8-2-5-11(27-8)17(20,21)22/h2-5H,6H2,1H3,(H,23,25). The van der Waals surface area contributed by atoms with Crippen LogP contribution in [0, 0.1) is 0 Å². The third-order valence-electron chi connectivity index (χ3n) is 3.82. The Kier molecular flexibility index (Phi) is 5.68. The number of halogens is 5. The number of aromatic amines is 1. The van der Waals surface area contributed by atoms with Gasteiger partial charge in [-0.3, -0.25) is 9.59 Å². The van der Waals surface area contributed by atoms with Crippen LogP contribution in [0.15, 0.2) is 43.0 Å². The maximum Gasteiger partial charge on any atom is 0.449 e. The lowest BCUT2D eigenvalue weighted by Gasteiger charge is -2.14. The zero-order valence-electron chi connectivity index (χ0n) is 13.9. The van der Waals surface area contributed by atoms with Crippen molar-refractivity contribution >= 4 is 55.4 Å². The first kappa shape index (κ1) is 21.0. The zero-order valence-corrected chi connectivity index (χ0v) is 17.1. The first-order chi connectivity index (χ1) is 13.0. The lowest BCUT2D eigenvalue weighted by atomic mass is 10.1. The van der Waals surface area contributed by atoms with E-state index in [1.54, 1.807) is 6.07 Å². The summed E-state index contributed by atoms with van der Waals surface area (Å²) in [6.07, 6.45) is -4.68. The Labute approximate surface area is 172 Å². The average molecular weight is 497 g/mol. The predicted molar refractivity (Wildman–Crippen MR) is 101 cm³/mol. The summed E-state index contributed by atoms with van der Waals surface area (Å²) in [6, 6.07) is 4.78. The molecule has 0 aliphatic carbocycles. The molecule has 1 aromatic carbocycles. The second-order valence-electron chi connectivity index (χ2n) is 5.75. The highest BCUT2D eigenvalue weighted by Crippen LogP contribution is 2.32. The largest absolute Gasteiger partial charge is 0.610 e. The molecule has 0 spiro atoms. The van der Waals surface area contributed by atoms with Crippen molar-refractivity contribution in [2.24, 2.45) is 0 Å². The normalized spacial score (nSPS) is 13.1. The van der Waals surface area contributed by atoms with E-state index in [4.69, 9.17) is 11.6 Å². The fourth-order valence-corrected chi connectivity index (χ4v) is 4.51. The van der Waals surface area contributed by atoms with Crippen molar-refractivity contribution in [2.75, 3.05) is 0 Å². The van der Waals surface area contributed by atoms with Crippen LogP contribution in [-0.4, -0.2) is 15.3 Å². The molecule has 0 aliphatic rings. The Morgan fingerprint density at radius 1 is 1.32 bits per heavy atom. The van der Waals surface area contributed by atoms with Crippen LogP contribution in [0.5, 0.6) is 0 Å². The molecule has 1 unspecified atom stereocenters. The van der Waals surface area contributed by atoms with E-state index in [1.165, 1.54) is 6.07 Å². The van der Waals surface area contributed by atoms with Gasteiger partial charge in [0.25, 0.3) is 0 Å². The summed E-state index contributed by atoms with van der Waals surface area (Å²) in [5.41, 5.74) is -0.860. The summed E-state index contributed by atoms with van der Waals surface area (Å²) in [5.74, 6) is -2.55. The van der Waals surface area contributed by atoms with Crippen molar-refractivity contribution in [3.05, 3.63) is 61.1 Å². The van der Waals surface area contributed by atoms with E-state index >= 15 is 0 Å². The molecule has 1 N–H and O–H groups in total. The molecule has 5 nitrogen and oxygen atoms in total. The van der Waals surface area contributed by atoms with E-state index in [2.05, 4.69) is 25.3 Å². The van der Waals surface area contributed by atoms with E-state index in [9.17, 15) is 27.3 Å². The van der Waals surface area contributed by atoms with Crippen LogP contribution in [0.1, 0.15) is 28.8 Å². The van der Waals surface area contributed by atoms with E-state index in [0.29, 0.717) is 4.47 Å². The Morgan fingerprint density at radius 3 is 2.57 bits per heavy atom. The van der Waals surface area contributed by atoms with Crippen molar-refractivity contribution < 1.29 is 26.9 Å². The first-order valence-electron chi connectivity index (χ1n) is 7.60. The van der Waals surface area contributed by atoms with Gasteiger partial charge in [0.15, 0.2) is 17.3 Å². The maximum absolute atomic E-state index is 12.8. The number of aromatic nitrogens is 1. The fourth-order valence-electron chi connectivity index (χ4n) is 2.60. The highest BCUT2D eigenvalue weighted by Gasteiger charge is 2.35. The molecule has 3 rings (SSSR count). The molecule has 2 heterocycles. The number of hydrogen-bond acceptors (Lipinski definition) is 4. The van der Waals surface area contributed by atoms with Gasteiger partial charge in [-0.15, -0.1) is 0 Å². The average Bonchev–Trinajstić information content (AvgIpc) is 3.06. The second kappa shape index (κ2) is 7.58. The number of ketones is 1. The Hall–Kier alpha value is -1.75. The first-order valence-corrected chi connectivity index (χ1v) is 10.1. The van der Waals surface area contributed by atoms with Gasteiger partial charge in [-0.2, -0.15) is 13.2 Å². The number of pyridine rings is 1. The molecular weight excluding hydrogens is 487 g/mol. The van der Waals surface area contributed by atoms with Gasteiger partial charge in [0.2, 0.25) is 16.2 Å². The number of alkyl halides is 3. The number of carbonyl (C=O) groups excluding carboxylic acids is 1. The van der Waals surface area contributed by atoms with Gasteiger partial charge in [-0.05, 0) is 47.1 Å². The molecular formula is C17H10BrClF3NO4S. The predicted octanol–water partition coefficient (Wildman–Crippen LogP) is 5.07. The summed E-state index contributed by atoms with van der Waals surface area (Å²) in [6.45, 7) is 1.12. The minimum absolute atomic E-state index is 0.0411. The third kappa shape index (κ3) is 3.86. The molecule has 28 heavy (non-hydrogen) atoms. The topological polar surface area (TPSA) is 86.1 Å². The molecule has 0 radical (unpaired) electrons. The second-order valence-corrected chi connectivity index (χ2v) is 8.40. The smallest absolute Gasteiger partial charge is 0.449 e. The molecule has 148 valence electrons. The number of rotatable bonds is 4. The zero-order chi connectivity index (χ0) is 20.8. The third-order valence-corrected chi connectivity index (χ3v) is 6.10. The summed E-state index contributed by atoms with van der Waals surface area (Å²) >= 11 is 7.25. The maximum atomic E-state index is 12.8. The summed E-state index contributed by atoms with van der Waals surface area (Å²) in [4.78, 5) is 27.6. The minimum Gasteiger partial charge on any atom is -0.610 e. The van der Waals surface area contributed by atoms with E-state index in [1.807, 2.05) is 0 Å². The van der Waals surface area contributed by atoms with Gasteiger partial charge in [-0.25, -0.2) is 0 Å². The van der Waals surface area contributed by atoms with Crippen LogP contribution in [-0.2, 0) is 23.1 Å². The minimum atomic E-state index is -4.68. The Balaban J connectivity index is 2.12. The molecule has 0 saturated heterocycles. The SMILES string of the molecule is CC(=O)c1c([S+]([O-])Cc2ccc(C(F)(F)F)o2)[nH]c2c(Br)ccc(Cl)c2c1=O. The van der Waals surface area contributed by atoms with Gasteiger partial charge in [0.05, 0.1) is 15.9 Å². The van der Waals surface area contributed by atoms with Gasteiger partial charge in [0.1, 0.15) is 5.56 Å². The van der Waals surface area contributed by atoms with E-state index in [0.717, 1.165) is 19.1 Å². The van der Waals surface area contributed by atoms with E-state index in [-0.39, 0.29) is 32.3 Å². The van der Waals surface area contributed by atoms with Crippen LogP contribution in [0.2, 0.25) is 5.02 Å². The number of furan rings is 1. The summed E-state index contributed by atoms with van der Waals surface area (Å²) in [5, 5.41) is -0.0718. The lowest BCUT2D eigenvalue weighted by molar-refractivity contribution is -0.153. The van der Waals surface area contributed by atoms with Crippen molar-refractivity contribution in [1.82, 2.24) is 4.98 Å². The van der Waals surface area contributed by atoms with Gasteiger partial charge >= 0.3 is 6.18 Å². The number of nitrogens with one attached hydrogen (secondary N) is 1. The quantitative estimate of drug-likeness (QED) is 0.404. The monoisotopic (exact) mass is 495 g/mol. The molecule has 0 bridgehead atoms. The Morgan fingerprint density at radius 2 is 2.00 bits per heavy atom. The van der Waals surface area contributed by atoms with Crippen LogP contribution >= 0.6 is 27.5 Å². The molecule has 0 saturated carbocycles. The molecule has 11 heteroatoms. The summed E-state index contributed by atoms with van der Waals surface area (Å²) in [7, 11) is 0. The van der Waals surface area contributed by atoms with E-state index < -0.39 is 40.1 Å². The van der Waals surface area contributed by atoms with Crippen LogP contribution in [0.4, 0.5) is 13.2 Å². The van der Waals surface area contributed by atoms with Gasteiger partial charge < -0.3 is 14.0 Å². The number of H-pyrrole nitrogens is 1. The van der Waals surface area contributed by atoms with Crippen LogP contribution in [0.3, 0.4) is 0 Å². The molecule has 2 aromatic heterocycles. The highest BCUT2D eigenvalue weighted by molar-refractivity contribution is 9.10.